The summed E-state index contributed by atoms with van der Waals surface area (Å²) in [6.45, 7) is 3.14. The van der Waals surface area contributed by atoms with E-state index in [1.165, 1.54) is 16.7 Å². The van der Waals surface area contributed by atoms with E-state index in [-0.39, 0.29) is 37.2 Å². The zero-order chi connectivity index (χ0) is 26.1. The fourth-order valence-corrected chi connectivity index (χ4v) is 6.81. The Labute approximate surface area is 223 Å². The van der Waals surface area contributed by atoms with Crippen LogP contribution < -0.4 is 5.32 Å². The number of carbonyl (C=O) groups is 2. The summed E-state index contributed by atoms with van der Waals surface area (Å²) in [7, 11) is 0. The van der Waals surface area contributed by atoms with E-state index in [9.17, 15) is 9.59 Å². The van der Waals surface area contributed by atoms with E-state index in [0.717, 1.165) is 30.5 Å². The molecular formula is C32H34N2O4. The second-order valence-electron chi connectivity index (χ2n) is 10.7. The van der Waals surface area contributed by atoms with Crippen molar-refractivity contribution in [2.75, 3.05) is 13.2 Å². The number of hydrogen-bond acceptors (Lipinski definition) is 5. The number of nitrogens with one attached hydrogen (secondary N) is 1. The van der Waals surface area contributed by atoms with Crippen molar-refractivity contribution < 1.29 is 19.1 Å². The number of alkyl carbamates (subject to hydrolysis) is 1. The summed E-state index contributed by atoms with van der Waals surface area (Å²) in [5.74, 6) is -0.389. The Balaban J connectivity index is 1.17. The number of fused-ring (bicyclic) bond motifs is 5. The van der Waals surface area contributed by atoms with Crippen molar-refractivity contribution in [1.29, 1.82) is 0 Å². The SMILES string of the molecule is CCOC(=O)C1(NC(=O)OCC2c3ccccc3-c3ccccc32)CC2CCC(C1)N2Cc1ccccc1. The number of esters is 1. The molecule has 6 heteroatoms. The lowest BCUT2D eigenvalue weighted by atomic mass is 9.82. The van der Waals surface area contributed by atoms with Gasteiger partial charge in [0, 0.05) is 24.5 Å². The predicted octanol–water partition coefficient (Wildman–Crippen LogP) is 5.65. The first-order valence-electron chi connectivity index (χ1n) is 13.7. The van der Waals surface area contributed by atoms with E-state index in [0.29, 0.717) is 12.8 Å². The first-order chi connectivity index (χ1) is 18.6. The summed E-state index contributed by atoms with van der Waals surface area (Å²) in [5.41, 5.74) is 4.88. The molecule has 0 saturated carbocycles. The van der Waals surface area contributed by atoms with Crippen molar-refractivity contribution >= 4 is 12.1 Å². The number of rotatable bonds is 7. The van der Waals surface area contributed by atoms with Crippen molar-refractivity contribution in [2.45, 2.75) is 62.7 Å². The van der Waals surface area contributed by atoms with Crippen LogP contribution in [0.25, 0.3) is 11.1 Å². The van der Waals surface area contributed by atoms with E-state index in [2.05, 4.69) is 58.7 Å². The van der Waals surface area contributed by atoms with Crippen LogP contribution in [0, 0.1) is 0 Å². The molecule has 0 spiro atoms. The number of ether oxygens (including phenoxy) is 2. The Morgan fingerprint density at radius 2 is 1.42 bits per heavy atom. The maximum Gasteiger partial charge on any atom is 0.408 e. The highest BCUT2D eigenvalue weighted by Crippen LogP contribution is 2.45. The molecule has 38 heavy (non-hydrogen) atoms. The zero-order valence-corrected chi connectivity index (χ0v) is 21.8. The van der Waals surface area contributed by atoms with Crippen LogP contribution in [-0.2, 0) is 20.8 Å². The Bertz CT molecular complexity index is 1260. The topological polar surface area (TPSA) is 67.9 Å². The lowest BCUT2D eigenvalue weighted by molar-refractivity contribution is -0.154. The Hall–Kier alpha value is -3.64. The number of nitrogens with zero attached hydrogens (tertiary/aromatic N) is 1. The molecule has 1 amide bonds. The van der Waals surface area contributed by atoms with Crippen LogP contribution in [0.4, 0.5) is 4.79 Å². The minimum Gasteiger partial charge on any atom is -0.464 e. The summed E-state index contributed by atoms with van der Waals surface area (Å²) in [6, 6.07) is 27.4. The van der Waals surface area contributed by atoms with Gasteiger partial charge in [-0.15, -0.1) is 0 Å². The molecular weight excluding hydrogens is 476 g/mol. The molecule has 3 aromatic rings. The Morgan fingerprint density at radius 3 is 2.03 bits per heavy atom. The molecule has 2 aliphatic heterocycles. The molecule has 0 aromatic heterocycles. The highest BCUT2D eigenvalue weighted by molar-refractivity contribution is 5.86. The first kappa shape index (κ1) is 24.7. The lowest BCUT2D eigenvalue weighted by Crippen LogP contribution is -2.63. The van der Waals surface area contributed by atoms with E-state index in [1.54, 1.807) is 6.92 Å². The predicted molar refractivity (Wildman–Crippen MR) is 146 cm³/mol. The van der Waals surface area contributed by atoms with Gasteiger partial charge in [-0.3, -0.25) is 4.90 Å². The van der Waals surface area contributed by atoms with Crippen molar-refractivity contribution in [1.82, 2.24) is 10.2 Å². The summed E-state index contributed by atoms with van der Waals surface area (Å²) in [4.78, 5) is 29.1. The molecule has 0 radical (unpaired) electrons. The third-order valence-corrected chi connectivity index (χ3v) is 8.50. The van der Waals surface area contributed by atoms with Crippen molar-refractivity contribution in [3.05, 3.63) is 95.6 Å². The smallest absolute Gasteiger partial charge is 0.408 e. The van der Waals surface area contributed by atoms with Gasteiger partial charge in [-0.25, -0.2) is 9.59 Å². The van der Waals surface area contributed by atoms with Gasteiger partial charge in [-0.1, -0.05) is 78.9 Å². The van der Waals surface area contributed by atoms with Gasteiger partial charge in [0.25, 0.3) is 0 Å². The molecule has 196 valence electrons. The minimum atomic E-state index is -1.07. The highest BCUT2D eigenvalue weighted by Gasteiger charge is 2.54. The molecule has 6 rings (SSSR count). The van der Waals surface area contributed by atoms with Crippen LogP contribution in [0.3, 0.4) is 0 Å². The van der Waals surface area contributed by atoms with Crippen LogP contribution in [-0.4, -0.2) is 47.8 Å². The zero-order valence-electron chi connectivity index (χ0n) is 21.8. The molecule has 2 fully saturated rings. The van der Waals surface area contributed by atoms with Crippen molar-refractivity contribution in [2.24, 2.45) is 0 Å². The monoisotopic (exact) mass is 510 g/mol. The summed E-state index contributed by atoms with van der Waals surface area (Å²) in [5, 5.41) is 3.01. The van der Waals surface area contributed by atoms with Gasteiger partial charge in [-0.2, -0.15) is 0 Å². The fraction of sp³-hybridized carbons (Fsp3) is 0.375. The van der Waals surface area contributed by atoms with Crippen LogP contribution in [0.5, 0.6) is 0 Å². The number of piperidine rings is 1. The second kappa shape index (κ2) is 10.3. The van der Waals surface area contributed by atoms with Crippen LogP contribution in [0.2, 0.25) is 0 Å². The van der Waals surface area contributed by atoms with E-state index >= 15 is 0 Å². The molecule has 2 atom stereocenters. The molecule has 1 N–H and O–H groups in total. The molecule has 2 unspecified atom stereocenters. The van der Waals surface area contributed by atoms with Gasteiger partial charge < -0.3 is 14.8 Å². The molecule has 2 saturated heterocycles. The van der Waals surface area contributed by atoms with Crippen LogP contribution >= 0.6 is 0 Å². The van der Waals surface area contributed by atoms with E-state index in [1.807, 2.05) is 30.3 Å². The molecule has 3 aliphatic rings. The lowest BCUT2D eigenvalue weighted by Gasteiger charge is -2.45. The van der Waals surface area contributed by atoms with Gasteiger partial charge in [0.2, 0.25) is 0 Å². The summed E-state index contributed by atoms with van der Waals surface area (Å²) < 4.78 is 11.3. The van der Waals surface area contributed by atoms with Crippen LogP contribution in [0.1, 0.15) is 55.2 Å². The Kier molecular flexibility index (Phi) is 6.66. The molecule has 2 bridgehead atoms. The number of amides is 1. The van der Waals surface area contributed by atoms with Gasteiger partial charge >= 0.3 is 12.1 Å². The van der Waals surface area contributed by atoms with Gasteiger partial charge in [0.1, 0.15) is 12.1 Å². The fourth-order valence-electron chi connectivity index (χ4n) is 6.81. The minimum absolute atomic E-state index is 0.0319. The number of hydrogen-bond donors (Lipinski definition) is 1. The normalized spacial score (nSPS) is 23.9. The summed E-state index contributed by atoms with van der Waals surface area (Å²) in [6.07, 6.45) is 2.50. The highest BCUT2D eigenvalue weighted by atomic mass is 16.6. The second-order valence-corrected chi connectivity index (χ2v) is 10.7. The summed E-state index contributed by atoms with van der Waals surface area (Å²) >= 11 is 0. The third-order valence-electron chi connectivity index (χ3n) is 8.50. The van der Waals surface area contributed by atoms with Crippen molar-refractivity contribution in [3.63, 3.8) is 0 Å². The largest absolute Gasteiger partial charge is 0.464 e. The van der Waals surface area contributed by atoms with Crippen LogP contribution in [0.15, 0.2) is 78.9 Å². The Morgan fingerprint density at radius 1 is 0.842 bits per heavy atom. The standard InChI is InChI=1S/C32H34N2O4/c1-2-37-30(35)32(18-23-16-17-24(19-32)34(23)20-22-10-4-3-5-11-22)33-31(36)38-21-29-27-14-8-6-12-25(27)26-13-7-9-15-28(26)29/h3-15,23-24,29H,2,16-21H2,1H3,(H,33,36). The molecule has 1 aliphatic carbocycles. The molecule has 2 heterocycles. The quantitative estimate of drug-likeness (QED) is 0.416. The maximum absolute atomic E-state index is 13.3. The number of benzene rings is 3. The van der Waals surface area contributed by atoms with E-state index in [4.69, 9.17) is 9.47 Å². The number of carbonyl (C=O) groups excluding carboxylic acids is 2. The van der Waals surface area contributed by atoms with Gasteiger partial charge in [0.15, 0.2) is 0 Å². The third kappa shape index (κ3) is 4.47. The molecule has 6 nitrogen and oxygen atoms in total. The van der Waals surface area contributed by atoms with Crippen molar-refractivity contribution in [3.8, 4) is 11.1 Å². The van der Waals surface area contributed by atoms with Gasteiger partial charge in [0.05, 0.1) is 6.61 Å². The van der Waals surface area contributed by atoms with Gasteiger partial charge in [-0.05, 0) is 60.4 Å². The average Bonchev–Trinajstić information content (AvgIpc) is 3.38. The van der Waals surface area contributed by atoms with E-state index < -0.39 is 11.6 Å². The first-order valence-corrected chi connectivity index (χ1v) is 13.7. The maximum atomic E-state index is 13.3. The average molecular weight is 511 g/mol. The molecule has 3 aromatic carbocycles.